The van der Waals surface area contributed by atoms with E-state index >= 15 is 0 Å². The molecule has 0 radical (unpaired) electrons. The highest BCUT2D eigenvalue weighted by atomic mass is 35.5. The highest BCUT2D eigenvalue weighted by Gasteiger charge is 2.26. The fourth-order valence-corrected chi connectivity index (χ4v) is 2.65. The first-order valence-corrected chi connectivity index (χ1v) is 6.94. The molecular formula is C12H17Cl2N3O. The molecule has 1 aliphatic heterocycles. The number of halogens is 2. The lowest BCUT2D eigenvalue weighted by atomic mass is 10.1. The Balaban J connectivity index is 2.13. The molecule has 0 aliphatic carbocycles. The molecule has 0 aromatic carbocycles. The summed E-state index contributed by atoms with van der Waals surface area (Å²) in [6.45, 7) is 4.54. The minimum Gasteiger partial charge on any atom is -0.340 e. The molecule has 100 valence electrons. The van der Waals surface area contributed by atoms with Gasteiger partial charge in [-0.15, -0.1) is 0 Å². The lowest BCUT2D eigenvalue weighted by Gasteiger charge is -2.33. The van der Waals surface area contributed by atoms with Crippen molar-refractivity contribution in [2.45, 2.75) is 25.8 Å². The highest BCUT2D eigenvalue weighted by Crippen LogP contribution is 2.23. The third-order valence-corrected chi connectivity index (χ3v) is 3.96. The first kappa shape index (κ1) is 13.7. The maximum atomic E-state index is 12.4. The Kier molecular flexibility index (Phi) is 4.54. The zero-order valence-electron chi connectivity index (χ0n) is 10.3. The third-order valence-electron chi connectivity index (χ3n) is 3.27. The lowest BCUT2D eigenvalue weighted by molar-refractivity contribution is 0.0657. The molecule has 18 heavy (non-hydrogen) atoms. The molecule has 0 saturated carbocycles. The van der Waals surface area contributed by atoms with Crippen molar-refractivity contribution in [1.82, 2.24) is 15.2 Å². The molecule has 0 bridgehead atoms. The van der Waals surface area contributed by atoms with Crippen LogP contribution in [0.1, 0.15) is 30.3 Å². The van der Waals surface area contributed by atoms with E-state index in [2.05, 4.69) is 10.3 Å². The van der Waals surface area contributed by atoms with E-state index in [4.69, 9.17) is 23.2 Å². The smallest absolute Gasteiger partial charge is 0.270 e. The standard InChI is InChI=1S/C12H17Cl2N3O/c1-2-17(8-4-3-5-15-7-8)12(18)10-6-9(13)11(14)16-10/h6,8,15-16H,2-5,7H2,1H3. The van der Waals surface area contributed by atoms with Gasteiger partial charge >= 0.3 is 0 Å². The van der Waals surface area contributed by atoms with Crippen molar-refractivity contribution in [3.8, 4) is 0 Å². The van der Waals surface area contributed by atoms with Gasteiger partial charge in [-0.2, -0.15) is 0 Å². The molecular weight excluding hydrogens is 273 g/mol. The number of nitrogens with one attached hydrogen (secondary N) is 2. The number of piperidine rings is 1. The number of H-pyrrole nitrogens is 1. The van der Waals surface area contributed by atoms with Crippen molar-refractivity contribution < 1.29 is 4.79 Å². The van der Waals surface area contributed by atoms with Crippen molar-refractivity contribution in [3.63, 3.8) is 0 Å². The second-order valence-electron chi connectivity index (χ2n) is 4.44. The largest absolute Gasteiger partial charge is 0.340 e. The minimum atomic E-state index is -0.0417. The number of hydrogen-bond donors (Lipinski definition) is 2. The van der Waals surface area contributed by atoms with Gasteiger partial charge in [-0.3, -0.25) is 4.79 Å². The van der Waals surface area contributed by atoms with Crippen molar-refractivity contribution in [1.29, 1.82) is 0 Å². The van der Waals surface area contributed by atoms with Crippen LogP contribution in [0.5, 0.6) is 0 Å². The molecule has 1 unspecified atom stereocenters. The van der Waals surface area contributed by atoms with Crippen LogP contribution in [0.2, 0.25) is 10.2 Å². The van der Waals surface area contributed by atoms with E-state index in [-0.39, 0.29) is 11.9 Å². The van der Waals surface area contributed by atoms with E-state index < -0.39 is 0 Å². The number of aromatic amines is 1. The Bertz CT molecular complexity index is 407. The molecule has 4 nitrogen and oxygen atoms in total. The van der Waals surface area contributed by atoms with Gasteiger partial charge < -0.3 is 15.2 Å². The van der Waals surface area contributed by atoms with Crippen LogP contribution >= 0.6 is 23.2 Å². The van der Waals surface area contributed by atoms with Gasteiger partial charge in [-0.1, -0.05) is 23.2 Å². The fraction of sp³-hybridized carbons (Fsp3) is 0.583. The molecule has 1 saturated heterocycles. The summed E-state index contributed by atoms with van der Waals surface area (Å²) < 4.78 is 0. The van der Waals surface area contributed by atoms with Gasteiger partial charge in [-0.25, -0.2) is 0 Å². The number of rotatable bonds is 3. The zero-order valence-corrected chi connectivity index (χ0v) is 11.8. The van der Waals surface area contributed by atoms with Gasteiger partial charge in [0.05, 0.1) is 5.02 Å². The van der Waals surface area contributed by atoms with Crippen molar-refractivity contribution in [2.75, 3.05) is 19.6 Å². The van der Waals surface area contributed by atoms with Gasteiger partial charge in [0.2, 0.25) is 0 Å². The van der Waals surface area contributed by atoms with Gasteiger partial charge in [0.15, 0.2) is 0 Å². The molecule has 1 aromatic rings. The average molecular weight is 290 g/mol. The highest BCUT2D eigenvalue weighted by molar-refractivity contribution is 6.41. The van der Waals surface area contributed by atoms with Gasteiger partial charge in [0, 0.05) is 19.1 Å². The topological polar surface area (TPSA) is 48.1 Å². The number of carbonyl (C=O) groups is 1. The molecule has 2 N–H and O–H groups in total. The predicted octanol–water partition coefficient (Wildman–Crippen LogP) is 2.54. The summed E-state index contributed by atoms with van der Waals surface area (Å²) in [6, 6.07) is 1.84. The quantitative estimate of drug-likeness (QED) is 0.898. The lowest BCUT2D eigenvalue weighted by Crippen LogP contribution is -2.48. The summed E-state index contributed by atoms with van der Waals surface area (Å²) in [5, 5.41) is 4.02. The van der Waals surface area contributed by atoms with E-state index in [1.54, 1.807) is 6.07 Å². The zero-order chi connectivity index (χ0) is 13.1. The Morgan fingerprint density at radius 1 is 1.56 bits per heavy atom. The second-order valence-corrected chi connectivity index (χ2v) is 5.22. The van der Waals surface area contributed by atoms with E-state index in [9.17, 15) is 4.79 Å². The van der Waals surface area contributed by atoms with Crippen LogP contribution in [0.4, 0.5) is 0 Å². The van der Waals surface area contributed by atoms with Crippen LogP contribution in [-0.4, -0.2) is 41.5 Å². The molecule has 1 aromatic heterocycles. The summed E-state index contributed by atoms with van der Waals surface area (Å²) in [4.78, 5) is 17.1. The SMILES string of the molecule is CCN(C(=O)c1cc(Cl)c(Cl)[nH]1)C1CCCNC1. The van der Waals surface area contributed by atoms with Crippen LogP contribution < -0.4 is 5.32 Å². The molecule has 1 fully saturated rings. The van der Waals surface area contributed by atoms with E-state index in [1.807, 2.05) is 11.8 Å². The van der Waals surface area contributed by atoms with Gasteiger partial charge in [-0.05, 0) is 32.4 Å². The van der Waals surface area contributed by atoms with Gasteiger partial charge in [0.1, 0.15) is 10.8 Å². The molecule has 0 spiro atoms. The summed E-state index contributed by atoms with van der Waals surface area (Å²) in [7, 11) is 0. The third kappa shape index (κ3) is 2.82. The normalized spacial score (nSPS) is 19.8. The molecule has 2 rings (SSSR count). The van der Waals surface area contributed by atoms with E-state index in [0.29, 0.717) is 22.4 Å². The maximum absolute atomic E-state index is 12.4. The molecule has 6 heteroatoms. The van der Waals surface area contributed by atoms with E-state index in [1.165, 1.54) is 0 Å². The number of likely N-dealkylation sites (N-methyl/N-ethyl adjacent to an activating group) is 1. The molecule has 1 amide bonds. The monoisotopic (exact) mass is 289 g/mol. The number of amides is 1. The first-order valence-electron chi connectivity index (χ1n) is 6.19. The van der Waals surface area contributed by atoms with Gasteiger partial charge in [0.25, 0.3) is 5.91 Å². The Morgan fingerprint density at radius 2 is 2.33 bits per heavy atom. The number of carbonyl (C=O) groups excluding carboxylic acids is 1. The van der Waals surface area contributed by atoms with Crippen LogP contribution in [0.25, 0.3) is 0 Å². The number of hydrogen-bond acceptors (Lipinski definition) is 2. The van der Waals surface area contributed by atoms with E-state index in [0.717, 1.165) is 25.9 Å². The summed E-state index contributed by atoms with van der Waals surface area (Å²) >= 11 is 11.7. The summed E-state index contributed by atoms with van der Waals surface area (Å²) in [5.74, 6) is -0.0417. The molecule has 2 heterocycles. The summed E-state index contributed by atoms with van der Waals surface area (Å²) in [5.41, 5.74) is 0.456. The number of aromatic nitrogens is 1. The first-order chi connectivity index (χ1) is 8.63. The van der Waals surface area contributed by atoms with Crippen LogP contribution in [-0.2, 0) is 0 Å². The Labute approximate surface area is 117 Å². The molecule has 1 aliphatic rings. The number of nitrogens with zero attached hydrogens (tertiary/aromatic N) is 1. The minimum absolute atomic E-state index is 0.0417. The van der Waals surface area contributed by atoms with Crippen molar-refractivity contribution in [3.05, 3.63) is 21.9 Å². The van der Waals surface area contributed by atoms with Crippen LogP contribution in [0.15, 0.2) is 6.07 Å². The second kappa shape index (κ2) is 5.95. The van der Waals surface area contributed by atoms with Crippen molar-refractivity contribution in [2.24, 2.45) is 0 Å². The summed E-state index contributed by atoms with van der Waals surface area (Å²) in [6.07, 6.45) is 2.13. The van der Waals surface area contributed by atoms with Crippen LogP contribution in [0, 0.1) is 0 Å². The predicted molar refractivity (Wildman–Crippen MR) is 73.4 cm³/mol. The fourth-order valence-electron chi connectivity index (χ4n) is 2.34. The average Bonchev–Trinajstić information content (AvgIpc) is 2.72. The maximum Gasteiger partial charge on any atom is 0.270 e. The Hall–Kier alpha value is -0.710. The van der Waals surface area contributed by atoms with Crippen LogP contribution in [0.3, 0.4) is 0 Å². The molecule has 1 atom stereocenters. The Morgan fingerprint density at radius 3 is 2.83 bits per heavy atom. The van der Waals surface area contributed by atoms with Crippen molar-refractivity contribution >= 4 is 29.1 Å².